The second-order valence-electron chi connectivity index (χ2n) is 5.45. The Hall–Kier alpha value is -1.65. The van der Waals surface area contributed by atoms with Crippen LogP contribution in [0.15, 0.2) is 36.5 Å². The van der Waals surface area contributed by atoms with Gasteiger partial charge in [0.2, 0.25) is 0 Å². The number of hydrogen-bond donors (Lipinski definition) is 2. The molecule has 20 heavy (non-hydrogen) atoms. The molecule has 0 radical (unpaired) electrons. The molecule has 2 N–H and O–H groups in total. The second-order valence-corrected chi connectivity index (χ2v) is 5.45. The maximum absolute atomic E-state index is 9.31. The maximum Gasteiger partial charge on any atom is 0.0699 e. The van der Waals surface area contributed by atoms with E-state index < -0.39 is 0 Å². The summed E-state index contributed by atoms with van der Waals surface area (Å²) in [6.45, 7) is 7.40. The third-order valence-electron chi connectivity index (χ3n) is 3.15. The van der Waals surface area contributed by atoms with E-state index in [1.54, 1.807) is 6.92 Å². The van der Waals surface area contributed by atoms with Crippen LogP contribution in [0.4, 0.5) is 0 Å². The first-order valence-corrected chi connectivity index (χ1v) is 7.10. The Bertz CT molecular complexity index is 532. The van der Waals surface area contributed by atoms with Crippen molar-refractivity contribution in [3.8, 4) is 5.69 Å². The number of aromatic nitrogens is 2. The van der Waals surface area contributed by atoms with Gasteiger partial charge in [0.1, 0.15) is 0 Å². The van der Waals surface area contributed by atoms with Crippen LogP contribution < -0.4 is 5.32 Å². The molecule has 4 nitrogen and oxygen atoms in total. The average molecular weight is 273 g/mol. The lowest BCUT2D eigenvalue weighted by atomic mass is 10.1. The third kappa shape index (κ3) is 3.68. The highest BCUT2D eigenvalue weighted by atomic mass is 16.3. The molecule has 1 atom stereocenters. The molecule has 0 saturated heterocycles. The summed E-state index contributed by atoms with van der Waals surface area (Å²) >= 11 is 0. The van der Waals surface area contributed by atoms with Crippen molar-refractivity contribution in [2.75, 3.05) is 6.54 Å². The molecule has 0 amide bonds. The zero-order chi connectivity index (χ0) is 14.5. The van der Waals surface area contributed by atoms with Crippen molar-refractivity contribution in [2.24, 2.45) is 0 Å². The monoisotopic (exact) mass is 273 g/mol. The fourth-order valence-corrected chi connectivity index (χ4v) is 2.17. The van der Waals surface area contributed by atoms with E-state index in [4.69, 9.17) is 5.10 Å². The van der Waals surface area contributed by atoms with E-state index in [1.165, 1.54) is 5.56 Å². The Kier molecular flexibility index (Phi) is 4.93. The van der Waals surface area contributed by atoms with Gasteiger partial charge in [0.25, 0.3) is 0 Å². The summed E-state index contributed by atoms with van der Waals surface area (Å²) in [6.07, 6.45) is 1.74. The van der Waals surface area contributed by atoms with Crippen molar-refractivity contribution in [1.82, 2.24) is 15.1 Å². The quantitative estimate of drug-likeness (QED) is 0.850. The fraction of sp³-hybridized carbons (Fsp3) is 0.438. The molecule has 1 aromatic carbocycles. The standard InChI is InChI=1S/C16H23N3O/c1-12(2)16-14(10-17-9-13(3)20)11-19(18-16)15-7-5-4-6-8-15/h4-8,11-13,17,20H,9-10H2,1-3H3. The SMILES string of the molecule is CC(O)CNCc1cn(-c2ccccc2)nc1C(C)C. The summed E-state index contributed by atoms with van der Waals surface area (Å²) in [6, 6.07) is 10.1. The molecule has 0 aliphatic rings. The van der Waals surface area contributed by atoms with E-state index in [2.05, 4.69) is 25.4 Å². The maximum atomic E-state index is 9.31. The first-order valence-electron chi connectivity index (χ1n) is 7.10. The zero-order valence-electron chi connectivity index (χ0n) is 12.4. The number of nitrogens with zero attached hydrogens (tertiary/aromatic N) is 2. The minimum atomic E-state index is -0.332. The van der Waals surface area contributed by atoms with Gasteiger partial charge in [0.15, 0.2) is 0 Å². The molecule has 2 rings (SSSR count). The Balaban J connectivity index is 2.20. The molecule has 0 aliphatic heterocycles. The predicted octanol–water partition coefficient (Wildman–Crippen LogP) is 2.47. The van der Waals surface area contributed by atoms with E-state index >= 15 is 0 Å². The van der Waals surface area contributed by atoms with Crippen molar-refractivity contribution < 1.29 is 5.11 Å². The minimum absolute atomic E-state index is 0.332. The molecule has 0 spiro atoms. The zero-order valence-corrected chi connectivity index (χ0v) is 12.4. The highest BCUT2D eigenvalue weighted by molar-refractivity contribution is 5.33. The van der Waals surface area contributed by atoms with E-state index in [1.807, 2.05) is 35.0 Å². The molecule has 108 valence electrons. The van der Waals surface area contributed by atoms with E-state index in [9.17, 15) is 5.11 Å². The predicted molar refractivity (Wildman–Crippen MR) is 81.0 cm³/mol. The molecular weight excluding hydrogens is 250 g/mol. The van der Waals surface area contributed by atoms with E-state index in [0.717, 1.165) is 17.9 Å². The summed E-state index contributed by atoms with van der Waals surface area (Å²) < 4.78 is 1.93. The minimum Gasteiger partial charge on any atom is -0.392 e. The Morgan fingerprint density at radius 3 is 2.50 bits per heavy atom. The van der Waals surface area contributed by atoms with Crippen LogP contribution in [0.2, 0.25) is 0 Å². The summed E-state index contributed by atoms with van der Waals surface area (Å²) in [7, 11) is 0. The first kappa shape index (κ1) is 14.8. The van der Waals surface area contributed by atoms with Crippen molar-refractivity contribution >= 4 is 0 Å². The molecule has 1 heterocycles. The summed E-state index contributed by atoms with van der Waals surface area (Å²) in [5.41, 5.74) is 3.35. The Labute approximate surface area is 120 Å². The molecule has 1 unspecified atom stereocenters. The van der Waals surface area contributed by atoms with Gasteiger partial charge in [0.05, 0.1) is 17.5 Å². The molecule has 1 aromatic heterocycles. The summed E-state index contributed by atoms with van der Waals surface area (Å²) in [5.74, 6) is 0.378. The van der Waals surface area contributed by atoms with Crippen LogP contribution in [0.5, 0.6) is 0 Å². The van der Waals surface area contributed by atoms with Gasteiger partial charge in [-0.1, -0.05) is 32.0 Å². The lowest BCUT2D eigenvalue weighted by molar-refractivity contribution is 0.191. The van der Waals surface area contributed by atoms with Crippen molar-refractivity contribution in [3.05, 3.63) is 47.8 Å². The molecule has 0 bridgehead atoms. The number of nitrogens with one attached hydrogen (secondary N) is 1. The van der Waals surface area contributed by atoms with Crippen molar-refractivity contribution in [1.29, 1.82) is 0 Å². The van der Waals surface area contributed by atoms with Gasteiger partial charge >= 0.3 is 0 Å². The number of hydrogen-bond acceptors (Lipinski definition) is 3. The van der Waals surface area contributed by atoms with Crippen molar-refractivity contribution in [2.45, 2.75) is 39.3 Å². The van der Waals surface area contributed by atoms with Crippen molar-refractivity contribution in [3.63, 3.8) is 0 Å². The highest BCUT2D eigenvalue weighted by Crippen LogP contribution is 2.19. The van der Waals surface area contributed by atoms with Crippen LogP contribution in [-0.4, -0.2) is 27.5 Å². The van der Waals surface area contributed by atoms with Crippen LogP contribution in [0.3, 0.4) is 0 Å². The third-order valence-corrected chi connectivity index (χ3v) is 3.15. The number of aliphatic hydroxyl groups is 1. The summed E-state index contributed by atoms with van der Waals surface area (Å²) in [4.78, 5) is 0. The Morgan fingerprint density at radius 2 is 1.90 bits per heavy atom. The van der Waals surface area contributed by atoms with Gasteiger partial charge < -0.3 is 10.4 Å². The van der Waals surface area contributed by atoms with Gasteiger partial charge in [-0.05, 0) is 25.0 Å². The summed E-state index contributed by atoms with van der Waals surface area (Å²) in [5, 5.41) is 17.3. The number of benzene rings is 1. The molecule has 0 aliphatic carbocycles. The van der Waals surface area contributed by atoms with Gasteiger partial charge in [0, 0.05) is 24.8 Å². The molecule has 0 saturated carbocycles. The molecular formula is C16H23N3O. The van der Waals surface area contributed by atoms with Crippen LogP contribution in [0.25, 0.3) is 5.69 Å². The van der Waals surface area contributed by atoms with Gasteiger partial charge in [-0.25, -0.2) is 4.68 Å². The van der Waals surface area contributed by atoms with E-state index in [-0.39, 0.29) is 6.10 Å². The van der Waals surface area contributed by atoms with E-state index in [0.29, 0.717) is 12.5 Å². The van der Waals surface area contributed by atoms with Crippen LogP contribution in [0, 0.1) is 0 Å². The van der Waals surface area contributed by atoms with Gasteiger partial charge in [-0.3, -0.25) is 0 Å². The number of rotatable bonds is 6. The Morgan fingerprint density at radius 1 is 1.20 bits per heavy atom. The van der Waals surface area contributed by atoms with Gasteiger partial charge in [-0.2, -0.15) is 5.10 Å². The second kappa shape index (κ2) is 6.68. The first-order chi connectivity index (χ1) is 9.58. The largest absolute Gasteiger partial charge is 0.392 e. The lowest BCUT2D eigenvalue weighted by Crippen LogP contribution is -2.24. The number of aliphatic hydroxyl groups excluding tert-OH is 1. The smallest absolute Gasteiger partial charge is 0.0699 e. The van der Waals surface area contributed by atoms with Gasteiger partial charge in [-0.15, -0.1) is 0 Å². The highest BCUT2D eigenvalue weighted by Gasteiger charge is 2.13. The van der Waals surface area contributed by atoms with Crippen LogP contribution >= 0.6 is 0 Å². The molecule has 0 fully saturated rings. The molecule has 2 aromatic rings. The van der Waals surface area contributed by atoms with Crippen LogP contribution in [-0.2, 0) is 6.54 Å². The topological polar surface area (TPSA) is 50.1 Å². The lowest BCUT2D eigenvalue weighted by Gasteiger charge is -2.08. The number of para-hydroxylation sites is 1. The normalized spacial score (nSPS) is 12.8. The molecule has 4 heteroatoms. The van der Waals surface area contributed by atoms with Crippen LogP contribution in [0.1, 0.15) is 37.9 Å². The average Bonchev–Trinajstić information content (AvgIpc) is 2.84. The fourth-order valence-electron chi connectivity index (χ4n) is 2.17.